The van der Waals surface area contributed by atoms with Gasteiger partial charge in [-0.25, -0.2) is 9.78 Å². The highest BCUT2D eigenvalue weighted by molar-refractivity contribution is 5.91. The van der Waals surface area contributed by atoms with E-state index in [9.17, 15) is 19.5 Å². The fourth-order valence-corrected chi connectivity index (χ4v) is 5.76. The van der Waals surface area contributed by atoms with Crippen LogP contribution in [0, 0.1) is 0 Å². The summed E-state index contributed by atoms with van der Waals surface area (Å²) in [4.78, 5) is 48.9. The lowest BCUT2D eigenvalue weighted by Crippen LogP contribution is -2.69. The predicted octanol–water partition coefficient (Wildman–Crippen LogP) is 3.85. The molecule has 2 unspecified atom stereocenters. The Bertz CT molecular complexity index is 1720. The molecule has 11 nitrogen and oxygen atoms in total. The third-order valence-corrected chi connectivity index (χ3v) is 8.05. The van der Waals surface area contributed by atoms with Crippen molar-refractivity contribution in [2.75, 3.05) is 26.7 Å². The molecule has 0 aliphatic carbocycles. The standard InChI is InChI=1S/C37H40N6O5/c1-3-18-38-23-34(45)43-32(21-26-14-16-30(44)17-15-26)36(46)42(25-33(43)41-37(47)40-22-27-9-5-4-6-10-27)24-28-11-7-12-29(20-28)31-13-8-19-39-35(31)48-2/h3-17,19-20,32-33,38,44H,1,18,21-25H2,2H3,(H2,40,41,47). The van der Waals surface area contributed by atoms with E-state index < -0.39 is 18.2 Å². The molecular formula is C37H40N6O5. The number of amides is 4. The number of rotatable bonds is 13. The van der Waals surface area contributed by atoms with E-state index in [1.165, 1.54) is 4.90 Å². The zero-order valence-corrected chi connectivity index (χ0v) is 26.8. The lowest BCUT2D eigenvalue weighted by atomic mass is 9.98. The number of aromatic hydroxyl groups is 1. The molecule has 2 atom stereocenters. The number of nitrogens with one attached hydrogen (secondary N) is 3. The molecule has 1 fully saturated rings. The fourth-order valence-electron chi connectivity index (χ4n) is 5.76. The highest BCUT2D eigenvalue weighted by Crippen LogP contribution is 2.29. The molecule has 1 aliphatic heterocycles. The maximum atomic E-state index is 14.3. The number of piperazine rings is 1. The second-order valence-electron chi connectivity index (χ2n) is 11.4. The third-order valence-electron chi connectivity index (χ3n) is 8.05. The molecule has 3 aromatic carbocycles. The van der Waals surface area contributed by atoms with Crippen molar-refractivity contribution in [2.24, 2.45) is 0 Å². The van der Waals surface area contributed by atoms with Gasteiger partial charge in [-0.1, -0.05) is 66.7 Å². The van der Waals surface area contributed by atoms with E-state index in [0.29, 0.717) is 19.0 Å². The molecule has 0 spiro atoms. The van der Waals surface area contributed by atoms with E-state index in [1.807, 2.05) is 66.7 Å². The Labute approximate surface area is 280 Å². The molecule has 2 heterocycles. The largest absolute Gasteiger partial charge is 0.508 e. The topological polar surface area (TPSA) is 136 Å². The van der Waals surface area contributed by atoms with Crippen molar-refractivity contribution in [3.63, 3.8) is 0 Å². The monoisotopic (exact) mass is 648 g/mol. The summed E-state index contributed by atoms with van der Waals surface area (Å²) in [5.41, 5.74) is 4.22. The molecule has 48 heavy (non-hydrogen) atoms. The van der Waals surface area contributed by atoms with Gasteiger partial charge in [-0.2, -0.15) is 0 Å². The quantitative estimate of drug-likeness (QED) is 0.128. The number of nitrogens with zero attached hydrogens (tertiary/aromatic N) is 3. The van der Waals surface area contributed by atoms with Gasteiger partial charge in [0.1, 0.15) is 18.0 Å². The van der Waals surface area contributed by atoms with E-state index >= 15 is 0 Å². The summed E-state index contributed by atoms with van der Waals surface area (Å²) in [5, 5.41) is 18.7. The number of pyridine rings is 1. The Balaban J connectivity index is 1.45. The van der Waals surface area contributed by atoms with E-state index in [2.05, 4.69) is 27.5 Å². The predicted molar refractivity (Wildman–Crippen MR) is 183 cm³/mol. The average molecular weight is 649 g/mol. The van der Waals surface area contributed by atoms with Crippen molar-refractivity contribution >= 4 is 17.8 Å². The SMILES string of the molecule is C=CCNCC(=O)N1C(NC(=O)NCc2ccccc2)CN(Cc2cccc(-c3cccnc3OC)c2)C(=O)C1Cc1ccc(O)cc1. The zero-order chi connectivity index (χ0) is 33.9. The van der Waals surface area contributed by atoms with E-state index in [4.69, 9.17) is 4.74 Å². The Morgan fingerprint density at radius 1 is 1.00 bits per heavy atom. The normalized spacial score (nSPS) is 15.9. The molecule has 0 bridgehead atoms. The van der Waals surface area contributed by atoms with Gasteiger partial charge >= 0.3 is 6.03 Å². The number of methoxy groups -OCH3 is 1. The second kappa shape index (κ2) is 16.2. The summed E-state index contributed by atoms with van der Waals surface area (Å²) in [6.45, 7) is 4.64. The van der Waals surface area contributed by atoms with Crippen molar-refractivity contribution in [1.29, 1.82) is 0 Å². The number of hydrogen-bond donors (Lipinski definition) is 4. The first kappa shape index (κ1) is 33.7. The zero-order valence-electron chi connectivity index (χ0n) is 26.8. The number of phenols is 1. The molecule has 1 aromatic heterocycles. The van der Waals surface area contributed by atoms with E-state index in [1.54, 1.807) is 48.5 Å². The molecule has 1 saturated heterocycles. The first-order chi connectivity index (χ1) is 23.4. The molecule has 1 aliphatic rings. The van der Waals surface area contributed by atoms with Crippen molar-refractivity contribution in [2.45, 2.75) is 31.7 Å². The number of aromatic nitrogens is 1. The van der Waals surface area contributed by atoms with Crippen LogP contribution in [0.5, 0.6) is 11.6 Å². The summed E-state index contributed by atoms with van der Waals surface area (Å²) in [6.07, 6.45) is 2.65. The van der Waals surface area contributed by atoms with Crippen LogP contribution in [0.1, 0.15) is 16.7 Å². The summed E-state index contributed by atoms with van der Waals surface area (Å²) in [7, 11) is 1.57. The first-order valence-electron chi connectivity index (χ1n) is 15.7. The van der Waals surface area contributed by atoms with Crippen LogP contribution in [-0.2, 0) is 29.1 Å². The number of ether oxygens (including phenoxy) is 1. The molecular weight excluding hydrogens is 608 g/mol. The fraction of sp³-hybridized carbons (Fsp3) is 0.243. The number of urea groups is 1. The van der Waals surface area contributed by atoms with Gasteiger partial charge in [-0.15, -0.1) is 6.58 Å². The van der Waals surface area contributed by atoms with Crippen LogP contribution in [0.25, 0.3) is 11.1 Å². The van der Waals surface area contributed by atoms with Crippen LogP contribution in [-0.4, -0.2) is 76.7 Å². The van der Waals surface area contributed by atoms with Gasteiger partial charge in [0.25, 0.3) is 0 Å². The lowest BCUT2D eigenvalue weighted by molar-refractivity contribution is -0.157. The van der Waals surface area contributed by atoms with Crippen LogP contribution in [0.3, 0.4) is 0 Å². The Kier molecular flexibility index (Phi) is 11.4. The van der Waals surface area contributed by atoms with Crippen LogP contribution >= 0.6 is 0 Å². The Hall–Kier alpha value is -5.68. The number of hydrogen-bond acceptors (Lipinski definition) is 7. The average Bonchev–Trinajstić information content (AvgIpc) is 3.11. The molecule has 4 aromatic rings. The molecule has 4 amide bonds. The number of phenolic OH excluding ortho intramolecular Hbond substituents is 1. The van der Waals surface area contributed by atoms with Gasteiger partial charge in [0.15, 0.2) is 0 Å². The van der Waals surface area contributed by atoms with Crippen molar-refractivity contribution in [1.82, 2.24) is 30.7 Å². The summed E-state index contributed by atoms with van der Waals surface area (Å²) in [6, 6.07) is 26.2. The molecule has 4 N–H and O–H groups in total. The van der Waals surface area contributed by atoms with Gasteiger partial charge in [-0.3, -0.25) is 9.59 Å². The third kappa shape index (κ3) is 8.56. The minimum atomic E-state index is -0.928. The highest BCUT2D eigenvalue weighted by Gasteiger charge is 2.43. The number of benzene rings is 3. The smallest absolute Gasteiger partial charge is 0.316 e. The Morgan fingerprint density at radius 3 is 2.52 bits per heavy atom. The van der Waals surface area contributed by atoms with Gasteiger partial charge in [0.05, 0.1) is 20.2 Å². The summed E-state index contributed by atoms with van der Waals surface area (Å²) < 4.78 is 5.47. The molecule has 11 heteroatoms. The maximum Gasteiger partial charge on any atom is 0.316 e. The first-order valence-corrected chi connectivity index (χ1v) is 15.7. The minimum absolute atomic E-state index is 0.0514. The van der Waals surface area contributed by atoms with Gasteiger partial charge in [0, 0.05) is 37.8 Å². The highest BCUT2D eigenvalue weighted by atomic mass is 16.5. The van der Waals surface area contributed by atoms with Crippen LogP contribution in [0.4, 0.5) is 4.79 Å². The van der Waals surface area contributed by atoms with Crippen molar-refractivity contribution in [3.05, 3.63) is 127 Å². The maximum absolute atomic E-state index is 14.3. The second-order valence-corrected chi connectivity index (χ2v) is 11.4. The number of carbonyl (C=O) groups excluding carboxylic acids is 3. The molecule has 248 valence electrons. The number of carbonyl (C=O) groups is 3. The summed E-state index contributed by atoms with van der Waals surface area (Å²) >= 11 is 0. The van der Waals surface area contributed by atoms with Gasteiger partial charge < -0.3 is 35.6 Å². The molecule has 0 radical (unpaired) electrons. The van der Waals surface area contributed by atoms with E-state index in [0.717, 1.165) is 27.8 Å². The lowest BCUT2D eigenvalue weighted by Gasteiger charge is -2.46. The van der Waals surface area contributed by atoms with E-state index in [-0.39, 0.29) is 43.6 Å². The van der Waals surface area contributed by atoms with Gasteiger partial charge in [-0.05, 0) is 52.6 Å². The van der Waals surface area contributed by atoms with Crippen LogP contribution in [0.2, 0.25) is 0 Å². The molecule has 5 rings (SSSR count). The van der Waals surface area contributed by atoms with Crippen molar-refractivity contribution in [3.8, 4) is 22.8 Å². The van der Waals surface area contributed by atoms with Crippen molar-refractivity contribution < 1.29 is 24.2 Å². The van der Waals surface area contributed by atoms with Crippen LogP contribution in [0.15, 0.2) is 110 Å². The Morgan fingerprint density at radius 2 is 1.77 bits per heavy atom. The van der Waals surface area contributed by atoms with Gasteiger partial charge in [0.2, 0.25) is 17.7 Å². The molecule has 0 saturated carbocycles. The minimum Gasteiger partial charge on any atom is -0.508 e. The summed E-state index contributed by atoms with van der Waals surface area (Å²) in [5.74, 6) is -0.0146. The van der Waals surface area contributed by atoms with Crippen LogP contribution < -0.4 is 20.7 Å².